The van der Waals surface area contributed by atoms with Crippen LogP contribution in [0.15, 0.2) is 21.8 Å². The van der Waals surface area contributed by atoms with Crippen LogP contribution < -0.4 is 5.32 Å². The number of hydrogen-bond donors (Lipinski definition) is 1. The third-order valence-electron chi connectivity index (χ3n) is 2.91. The summed E-state index contributed by atoms with van der Waals surface area (Å²) in [5, 5.41) is 7.93. The van der Waals surface area contributed by atoms with Gasteiger partial charge in [0.1, 0.15) is 0 Å². The van der Waals surface area contributed by atoms with Crippen LogP contribution in [-0.2, 0) is 6.42 Å². The fourth-order valence-electron chi connectivity index (χ4n) is 2.09. The summed E-state index contributed by atoms with van der Waals surface area (Å²) in [4.78, 5) is 4.60. The van der Waals surface area contributed by atoms with Crippen molar-refractivity contribution < 1.29 is 0 Å². The molecular weight excluding hydrogens is 216 g/mol. The van der Waals surface area contributed by atoms with Gasteiger partial charge in [-0.2, -0.15) is 11.3 Å². The highest BCUT2D eigenvalue weighted by atomic mass is 32.1. The predicted octanol–water partition coefficient (Wildman–Crippen LogP) is 3.24. The van der Waals surface area contributed by atoms with Crippen LogP contribution in [0.5, 0.6) is 0 Å². The number of nitrogens with one attached hydrogen (secondary N) is 1. The van der Waals surface area contributed by atoms with Crippen LogP contribution in [0.4, 0.5) is 0 Å². The number of nitrogens with zero attached hydrogens (tertiary/aromatic N) is 1. The van der Waals surface area contributed by atoms with Crippen LogP contribution in [-0.4, -0.2) is 18.4 Å². The molecule has 16 heavy (non-hydrogen) atoms. The highest BCUT2D eigenvalue weighted by molar-refractivity contribution is 7.07. The Morgan fingerprint density at radius 2 is 2.38 bits per heavy atom. The van der Waals surface area contributed by atoms with E-state index in [1.54, 1.807) is 11.3 Å². The molecule has 1 aliphatic heterocycles. The largest absolute Gasteiger partial charge is 0.371 e. The molecule has 3 heteroatoms. The molecule has 1 aromatic rings. The second-order valence-electron chi connectivity index (χ2n) is 4.52. The lowest BCUT2D eigenvalue weighted by Crippen LogP contribution is -2.33. The highest BCUT2D eigenvalue weighted by Crippen LogP contribution is 2.10. The van der Waals surface area contributed by atoms with Crippen molar-refractivity contribution in [1.82, 2.24) is 5.32 Å². The van der Waals surface area contributed by atoms with Crippen LogP contribution >= 0.6 is 11.3 Å². The van der Waals surface area contributed by atoms with E-state index in [9.17, 15) is 0 Å². The van der Waals surface area contributed by atoms with E-state index in [2.05, 4.69) is 34.1 Å². The highest BCUT2D eigenvalue weighted by Gasteiger charge is 2.08. The molecule has 1 N–H and O–H groups in total. The lowest BCUT2D eigenvalue weighted by atomic mass is 10.1. The molecular formula is C13H20N2S. The molecule has 0 saturated carbocycles. The van der Waals surface area contributed by atoms with Crippen LogP contribution in [0.1, 0.15) is 38.2 Å². The monoisotopic (exact) mass is 236 g/mol. The third kappa shape index (κ3) is 3.63. The van der Waals surface area contributed by atoms with E-state index >= 15 is 0 Å². The number of aliphatic imine (C=N–C) groups is 1. The summed E-state index contributed by atoms with van der Waals surface area (Å²) in [5.74, 6) is 1.22. The first-order chi connectivity index (χ1) is 7.84. The maximum absolute atomic E-state index is 4.60. The standard InChI is InChI=1S/C13H20N2S/c1-11(9-12-6-8-16-10-12)15-13-5-3-2-4-7-14-13/h6,8,10-11H,2-5,7,9H2,1H3,(H,14,15). The minimum Gasteiger partial charge on any atom is -0.371 e. The van der Waals surface area contributed by atoms with Crippen molar-refractivity contribution in [2.24, 2.45) is 4.99 Å². The molecule has 0 aliphatic carbocycles. The summed E-state index contributed by atoms with van der Waals surface area (Å²) in [6.07, 6.45) is 6.10. The quantitative estimate of drug-likeness (QED) is 0.856. The van der Waals surface area contributed by atoms with Crippen molar-refractivity contribution in [3.8, 4) is 0 Å². The molecule has 88 valence electrons. The summed E-state index contributed by atoms with van der Waals surface area (Å²) in [7, 11) is 0. The summed E-state index contributed by atoms with van der Waals surface area (Å²) >= 11 is 1.77. The van der Waals surface area contributed by atoms with E-state index in [0.717, 1.165) is 19.4 Å². The Kier molecular flexibility index (Phi) is 4.40. The average molecular weight is 236 g/mol. The Morgan fingerprint density at radius 1 is 1.44 bits per heavy atom. The van der Waals surface area contributed by atoms with Gasteiger partial charge in [-0.05, 0) is 48.6 Å². The topological polar surface area (TPSA) is 24.4 Å². The summed E-state index contributed by atoms with van der Waals surface area (Å²) in [6, 6.07) is 2.70. The van der Waals surface area contributed by atoms with E-state index in [0.29, 0.717) is 6.04 Å². The molecule has 0 saturated heterocycles. The second kappa shape index (κ2) is 6.04. The number of rotatable bonds is 3. The van der Waals surface area contributed by atoms with Crippen molar-refractivity contribution >= 4 is 17.2 Å². The molecule has 2 rings (SSSR count). The van der Waals surface area contributed by atoms with Crippen molar-refractivity contribution in [2.45, 2.75) is 45.1 Å². The first-order valence-corrected chi connectivity index (χ1v) is 7.10. The molecule has 2 nitrogen and oxygen atoms in total. The van der Waals surface area contributed by atoms with Crippen molar-refractivity contribution in [3.05, 3.63) is 22.4 Å². The molecule has 1 aromatic heterocycles. The minimum absolute atomic E-state index is 0.492. The lowest BCUT2D eigenvalue weighted by Gasteiger charge is -2.15. The van der Waals surface area contributed by atoms with Gasteiger partial charge in [0.15, 0.2) is 0 Å². The Labute approximate surface area is 102 Å². The number of hydrogen-bond acceptors (Lipinski definition) is 3. The first-order valence-electron chi connectivity index (χ1n) is 6.15. The van der Waals surface area contributed by atoms with Gasteiger partial charge >= 0.3 is 0 Å². The van der Waals surface area contributed by atoms with Crippen LogP contribution in [0.2, 0.25) is 0 Å². The maximum Gasteiger partial charge on any atom is 0.0965 e. The van der Waals surface area contributed by atoms with Gasteiger partial charge in [0, 0.05) is 19.0 Å². The van der Waals surface area contributed by atoms with Gasteiger partial charge in [-0.1, -0.05) is 6.42 Å². The third-order valence-corrected chi connectivity index (χ3v) is 3.64. The average Bonchev–Trinajstić information content (AvgIpc) is 2.62. The van der Waals surface area contributed by atoms with Crippen molar-refractivity contribution in [1.29, 1.82) is 0 Å². The Morgan fingerprint density at radius 3 is 3.19 bits per heavy atom. The van der Waals surface area contributed by atoms with Gasteiger partial charge in [0.05, 0.1) is 5.84 Å². The van der Waals surface area contributed by atoms with Gasteiger partial charge < -0.3 is 5.32 Å². The number of thiophene rings is 1. The zero-order valence-electron chi connectivity index (χ0n) is 9.91. The SMILES string of the molecule is CC(Cc1ccsc1)NC1=NCCCCC1. The maximum atomic E-state index is 4.60. The van der Waals surface area contributed by atoms with Gasteiger partial charge in [0.25, 0.3) is 0 Å². The second-order valence-corrected chi connectivity index (χ2v) is 5.30. The smallest absolute Gasteiger partial charge is 0.0965 e. The lowest BCUT2D eigenvalue weighted by molar-refractivity contribution is 0.649. The van der Waals surface area contributed by atoms with Crippen LogP contribution in [0.25, 0.3) is 0 Å². The first kappa shape index (κ1) is 11.6. The molecule has 0 bridgehead atoms. The van der Waals surface area contributed by atoms with Crippen molar-refractivity contribution in [3.63, 3.8) is 0 Å². The summed E-state index contributed by atoms with van der Waals surface area (Å²) < 4.78 is 0. The zero-order chi connectivity index (χ0) is 11.2. The Balaban J connectivity index is 1.81. The molecule has 2 heterocycles. The minimum atomic E-state index is 0.492. The van der Waals surface area contributed by atoms with E-state index in [4.69, 9.17) is 0 Å². The summed E-state index contributed by atoms with van der Waals surface area (Å²) in [6.45, 7) is 3.25. The molecule has 0 aromatic carbocycles. The van der Waals surface area contributed by atoms with Gasteiger partial charge in [-0.15, -0.1) is 0 Å². The fraction of sp³-hybridized carbons (Fsp3) is 0.615. The van der Waals surface area contributed by atoms with E-state index in [-0.39, 0.29) is 0 Å². The zero-order valence-corrected chi connectivity index (χ0v) is 10.7. The van der Waals surface area contributed by atoms with Gasteiger partial charge in [0.2, 0.25) is 0 Å². The van der Waals surface area contributed by atoms with Crippen molar-refractivity contribution in [2.75, 3.05) is 6.54 Å². The molecule has 1 atom stereocenters. The Bertz CT molecular complexity index is 330. The normalized spacial score (nSPS) is 18.7. The fourth-order valence-corrected chi connectivity index (χ4v) is 2.77. The molecule has 1 unspecified atom stereocenters. The number of amidine groups is 1. The summed E-state index contributed by atoms with van der Waals surface area (Å²) in [5.41, 5.74) is 1.43. The molecule has 0 fully saturated rings. The van der Waals surface area contributed by atoms with Gasteiger partial charge in [-0.25, -0.2) is 0 Å². The van der Waals surface area contributed by atoms with Crippen LogP contribution in [0, 0.1) is 0 Å². The Hall–Kier alpha value is -0.830. The molecule has 1 aliphatic rings. The molecule has 0 radical (unpaired) electrons. The van der Waals surface area contributed by atoms with E-state index < -0.39 is 0 Å². The predicted molar refractivity (Wildman–Crippen MR) is 71.4 cm³/mol. The van der Waals surface area contributed by atoms with E-state index in [1.165, 1.54) is 30.7 Å². The van der Waals surface area contributed by atoms with Crippen LogP contribution in [0.3, 0.4) is 0 Å². The molecule has 0 amide bonds. The molecule has 0 spiro atoms. The van der Waals surface area contributed by atoms with E-state index in [1.807, 2.05) is 0 Å². The van der Waals surface area contributed by atoms with Gasteiger partial charge in [-0.3, -0.25) is 4.99 Å².